The summed E-state index contributed by atoms with van der Waals surface area (Å²) in [6.45, 7) is 1.74. The van der Waals surface area contributed by atoms with Crippen molar-refractivity contribution in [2.24, 2.45) is 0 Å². The Labute approximate surface area is 130 Å². The quantitative estimate of drug-likeness (QED) is 0.660. The maximum atomic E-state index is 14.1. The van der Waals surface area contributed by atoms with Crippen LogP contribution in [0.2, 0.25) is 0 Å². The molecule has 116 valence electrons. The minimum absolute atomic E-state index is 0.0611. The van der Waals surface area contributed by atoms with Crippen LogP contribution in [-0.4, -0.2) is 25.0 Å². The first kappa shape index (κ1) is 14.6. The predicted molar refractivity (Wildman–Crippen MR) is 83.7 cm³/mol. The van der Waals surface area contributed by atoms with E-state index in [4.69, 9.17) is 11.5 Å². The van der Waals surface area contributed by atoms with E-state index in [1.54, 1.807) is 13.0 Å². The number of pyridine rings is 2. The SMILES string of the molecule is Cc1cc(-c2nc(-c3ccnc(N)c3F)ccc2O)nc(N)n1. The van der Waals surface area contributed by atoms with E-state index in [-0.39, 0.29) is 28.8 Å². The summed E-state index contributed by atoms with van der Waals surface area (Å²) >= 11 is 0. The average molecular weight is 312 g/mol. The molecule has 5 N–H and O–H groups in total. The molecule has 3 rings (SSSR count). The van der Waals surface area contributed by atoms with Crippen LogP contribution in [0, 0.1) is 12.7 Å². The second kappa shape index (κ2) is 5.48. The Morgan fingerprint density at radius 2 is 1.83 bits per heavy atom. The molecule has 0 aliphatic carbocycles. The minimum atomic E-state index is -0.671. The number of halogens is 1. The molecule has 23 heavy (non-hydrogen) atoms. The highest BCUT2D eigenvalue weighted by molar-refractivity contribution is 5.70. The molecule has 0 unspecified atom stereocenters. The van der Waals surface area contributed by atoms with Crippen LogP contribution in [0.5, 0.6) is 5.75 Å². The monoisotopic (exact) mass is 312 g/mol. The Morgan fingerprint density at radius 3 is 2.57 bits per heavy atom. The molecule has 0 aliphatic heterocycles. The second-order valence-corrected chi connectivity index (χ2v) is 4.87. The summed E-state index contributed by atoms with van der Waals surface area (Å²) < 4.78 is 14.1. The number of hydrogen-bond acceptors (Lipinski definition) is 7. The molecule has 0 fully saturated rings. The largest absolute Gasteiger partial charge is 0.506 e. The molecular weight excluding hydrogens is 299 g/mol. The van der Waals surface area contributed by atoms with Gasteiger partial charge in [0.25, 0.3) is 0 Å². The number of aromatic nitrogens is 4. The first-order valence-corrected chi connectivity index (χ1v) is 6.67. The zero-order valence-corrected chi connectivity index (χ0v) is 12.2. The Balaban J connectivity index is 2.18. The molecule has 3 heterocycles. The second-order valence-electron chi connectivity index (χ2n) is 4.87. The highest BCUT2D eigenvalue weighted by Gasteiger charge is 2.15. The summed E-state index contributed by atoms with van der Waals surface area (Å²) in [6, 6.07) is 5.96. The number of nitrogens with zero attached hydrogens (tertiary/aromatic N) is 4. The van der Waals surface area contributed by atoms with E-state index < -0.39 is 5.82 Å². The van der Waals surface area contributed by atoms with Crippen molar-refractivity contribution in [1.82, 2.24) is 19.9 Å². The molecule has 0 aromatic carbocycles. The van der Waals surface area contributed by atoms with Gasteiger partial charge in [-0.1, -0.05) is 0 Å². The summed E-state index contributed by atoms with van der Waals surface area (Å²) in [5.74, 6) is -0.935. The number of nitrogens with two attached hydrogens (primary N) is 2. The zero-order chi connectivity index (χ0) is 16.6. The fourth-order valence-electron chi connectivity index (χ4n) is 2.16. The lowest BCUT2D eigenvalue weighted by Crippen LogP contribution is -2.01. The Kier molecular flexibility index (Phi) is 3.49. The van der Waals surface area contributed by atoms with Crippen molar-refractivity contribution in [1.29, 1.82) is 0 Å². The van der Waals surface area contributed by atoms with Gasteiger partial charge in [0.05, 0.1) is 11.4 Å². The molecule has 7 nitrogen and oxygen atoms in total. The fraction of sp³-hybridized carbons (Fsp3) is 0.0667. The maximum Gasteiger partial charge on any atom is 0.220 e. The molecule has 3 aromatic rings. The van der Waals surface area contributed by atoms with E-state index in [0.717, 1.165) is 0 Å². The van der Waals surface area contributed by atoms with Crippen LogP contribution in [0.25, 0.3) is 22.6 Å². The first-order valence-electron chi connectivity index (χ1n) is 6.67. The lowest BCUT2D eigenvalue weighted by molar-refractivity contribution is 0.475. The Bertz CT molecular complexity index is 879. The summed E-state index contributed by atoms with van der Waals surface area (Å²) in [4.78, 5) is 16.0. The van der Waals surface area contributed by atoms with Gasteiger partial charge in [0.15, 0.2) is 11.6 Å². The third-order valence-electron chi connectivity index (χ3n) is 3.18. The average Bonchev–Trinajstić information content (AvgIpc) is 2.50. The molecule has 0 saturated carbocycles. The van der Waals surface area contributed by atoms with Gasteiger partial charge in [-0.25, -0.2) is 24.3 Å². The molecule has 0 aliphatic rings. The van der Waals surface area contributed by atoms with Gasteiger partial charge in [0, 0.05) is 17.5 Å². The van der Waals surface area contributed by atoms with Crippen LogP contribution in [-0.2, 0) is 0 Å². The van der Waals surface area contributed by atoms with Crippen molar-refractivity contribution in [3.63, 3.8) is 0 Å². The predicted octanol–water partition coefficient (Wildman–Crippen LogP) is 1.92. The highest BCUT2D eigenvalue weighted by Crippen LogP contribution is 2.31. The van der Waals surface area contributed by atoms with E-state index in [1.165, 1.54) is 24.4 Å². The van der Waals surface area contributed by atoms with Gasteiger partial charge in [0.2, 0.25) is 5.95 Å². The van der Waals surface area contributed by atoms with Crippen LogP contribution >= 0.6 is 0 Å². The number of hydrogen-bond donors (Lipinski definition) is 3. The molecule has 0 bridgehead atoms. The maximum absolute atomic E-state index is 14.1. The van der Waals surface area contributed by atoms with Crippen molar-refractivity contribution in [2.45, 2.75) is 6.92 Å². The highest BCUT2D eigenvalue weighted by atomic mass is 19.1. The number of nitrogen functional groups attached to an aromatic ring is 2. The third-order valence-corrected chi connectivity index (χ3v) is 3.18. The van der Waals surface area contributed by atoms with E-state index in [2.05, 4.69) is 19.9 Å². The summed E-state index contributed by atoms with van der Waals surface area (Å²) in [5.41, 5.74) is 12.7. The van der Waals surface area contributed by atoms with E-state index >= 15 is 0 Å². The smallest absolute Gasteiger partial charge is 0.220 e. The molecular formula is C15H13FN6O. The first-order chi connectivity index (χ1) is 11.0. The van der Waals surface area contributed by atoms with Crippen molar-refractivity contribution in [2.75, 3.05) is 11.5 Å². The van der Waals surface area contributed by atoms with E-state index in [9.17, 15) is 9.50 Å². The Hall–Kier alpha value is -3.29. The number of rotatable bonds is 2. The van der Waals surface area contributed by atoms with Gasteiger partial charge in [0.1, 0.15) is 11.4 Å². The topological polar surface area (TPSA) is 124 Å². The van der Waals surface area contributed by atoms with Crippen LogP contribution in [0.15, 0.2) is 30.5 Å². The van der Waals surface area contributed by atoms with Crippen LogP contribution < -0.4 is 11.5 Å². The molecule has 0 amide bonds. The molecule has 0 radical (unpaired) electrons. The third kappa shape index (κ3) is 2.73. The van der Waals surface area contributed by atoms with Gasteiger partial charge in [-0.15, -0.1) is 0 Å². The van der Waals surface area contributed by atoms with Gasteiger partial charge in [-0.2, -0.15) is 0 Å². The van der Waals surface area contributed by atoms with Crippen LogP contribution in [0.3, 0.4) is 0 Å². The van der Waals surface area contributed by atoms with Gasteiger partial charge in [-0.3, -0.25) is 0 Å². The van der Waals surface area contributed by atoms with E-state index in [0.29, 0.717) is 17.1 Å². The minimum Gasteiger partial charge on any atom is -0.506 e. The fourth-order valence-corrected chi connectivity index (χ4v) is 2.16. The number of anilines is 2. The van der Waals surface area contributed by atoms with Crippen LogP contribution in [0.4, 0.5) is 16.2 Å². The molecule has 3 aromatic heterocycles. The van der Waals surface area contributed by atoms with Gasteiger partial charge in [-0.05, 0) is 31.2 Å². The molecule has 0 spiro atoms. The Morgan fingerprint density at radius 1 is 1.04 bits per heavy atom. The molecule has 0 saturated heterocycles. The van der Waals surface area contributed by atoms with E-state index in [1.807, 2.05) is 0 Å². The van der Waals surface area contributed by atoms with Gasteiger partial charge >= 0.3 is 0 Å². The lowest BCUT2D eigenvalue weighted by Gasteiger charge is -2.09. The molecule has 8 heteroatoms. The van der Waals surface area contributed by atoms with Crippen LogP contribution in [0.1, 0.15) is 5.69 Å². The number of aryl methyl sites for hydroxylation is 1. The van der Waals surface area contributed by atoms with Crippen molar-refractivity contribution >= 4 is 11.8 Å². The summed E-state index contributed by atoms with van der Waals surface area (Å²) in [5, 5.41) is 10.0. The van der Waals surface area contributed by atoms with Crippen molar-refractivity contribution in [3.05, 3.63) is 42.0 Å². The lowest BCUT2D eigenvalue weighted by atomic mass is 10.1. The van der Waals surface area contributed by atoms with Gasteiger partial charge < -0.3 is 16.6 Å². The standard InChI is InChI=1S/C15H13FN6O/c1-7-6-10(22-15(18)20-7)13-11(23)3-2-9(21-13)8-4-5-19-14(17)12(8)16/h2-6,23H,1H3,(H2,17,19)(H2,18,20,22). The zero-order valence-electron chi connectivity index (χ0n) is 12.2. The summed E-state index contributed by atoms with van der Waals surface area (Å²) in [6.07, 6.45) is 1.38. The normalized spacial score (nSPS) is 10.7. The van der Waals surface area contributed by atoms with Crippen molar-refractivity contribution in [3.8, 4) is 28.4 Å². The summed E-state index contributed by atoms with van der Waals surface area (Å²) in [7, 11) is 0. The number of aromatic hydroxyl groups is 1. The molecule has 0 atom stereocenters. The van der Waals surface area contributed by atoms with Crippen molar-refractivity contribution < 1.29 is 9.50 Å².